The van der Waals surface area contributed by atoms with Gasteiger partial charge in [0.1, 0.15) is 11.6 Å². The molecule has 1 amide bonds. The predicted octanol–water partition coefficient (Wildman–Crippen LogP) is 2.67. The lowest BCUT2D eigenvalue weighted by molar-refractivity contribution is -0.122. The van der Waals surface area contributed by atoms with Crippen molar-refractivity contribution in [3.8, 4) is 0 Å². The maximum atomic E-state index is 12.6. The number of amides is 1. The lowest BCUT2D eigenvalue weighted by atomic mass is 9.80. The minimum absolute atomic E-state index is 0.120. The third-order valence-corrected chi connectivity index (χ3v) is 7.56. The number of nitrogens with zero attached hydrogens (tertiary/aromatic N) is 4. The third kappa shape index (κ3) is 3.00. The van der Waals surface area contributed by atoms with Gasteiger partial charge in [0, 0.05) is 28.6 Å². The van der Waals surface area contributed by atoms with E-state index < -0.39 is 0 Å². The van der Waals surface area contributed by atoms with Crippen molar-refractivity contribution in [1.82, 2.24) is 20.3 Å². The molecule has 1 N–H and O–H groups in total. The normalized spacial score (nSPS) is 25.4. The maximum Gasteiger partial charge on any atom is 0.225 e. The Morgan fingerprint density at radius 2 is 2.00 bits per heavy atom. The molecule has 2 aromatic heterocycles. The van der Waals surface area contributed by atoms with Crippen LogP contribution in [0, 0.1) is 26.7 Å². The Bertz CT molecular complexity index is 939. The second kappa shape index (κ2) is 6.79. The molecule has 0 radical (unpaired) electrons. The number of aromatic nitrogens is 3. The number of anilines is 1. The number of carbonyl (C=O) groups excluding carboxylic acids is 1. The first-order chi connectivity index (χ1) is 13.5. The fourth-order valence-electron chi connectivity index (χ4n) is 5.13. The standard InChI is InChI=1S/C21H27N5OS/c1-11-18(28-13(3)22-11)9-19(27)25-20-14-8-17(20)26(10-14)21-15-6-4-5-7-16(15)23-12(2)24-21/h14,17,20H,4-10H2,1-3H3,(H,25,27). The molecule has 28 heavy (non-hydrogen) atoms. The van der Waals surface area contributed by atoms with Crippen LogP contribution in [0.1, 0.15) is 51.9 Å². The number of rotatable bonds is 4. The van der Waals surface area contributed by atoms with Crippen molar-refractivity contribution in [3.63, 3.8) is 0 Å². The summed E-state index contributed by atoms with van der Waals surface area (Å²) in [5, 5.41) is 4.34. The summed E-state index contributed by atoms with van der Waals surface area (Å²) in [5.41, 5.74) is 3.58. The molecule has 0 spiro atoms. The minimum Gasteiger partial charge on any atom is -0.351 e. The Labute approximate surface area is 169 Å². The number of hydrogen-bond acceptors (Lipinski definition) is 6. The van der Waals surface area contributed by atoms with Gasteiger partial charge in [-0.2, -0.15) is 0 Å². The summed E-state index contributed by atoms with van der Waals surface area (Å²) >= 11 is 1.63. The Morgan fingerprint density at radius 3 is 2.79 bits per heavy atom. The maximum absolute atomic E-state index is 12.6. The summed E-state index contributed by atoms with van der Waals surface area (Å²) in [4.78, 5) is 30.2. The van der Waals surface area contributed by atoms with Gasteiger partial charge in [0.15, 0.2) is 0 Å². The van der Waals surface area contributed by atoms with Crippen LogP contribution in [0.5, 0.6) is 0 Å². The lowest BCUT2D eigenvalue weighted by Crippen LogP contribution is -2.55. The molecule has 0 aromatic carbocycles. The van der Waals surface area contributed by atoms with Crippen LogP contribution in [-0.4, -0.2) is 39.5 Å². The monoisotopic (exact) mass is 397 g/mol. The Kier molecular flexibility index (Phi) is 4.38. The van der Waals surface area contributed by atoms with E-state index in [0.29, 0.717) is 18.4 Å². The van der Waals surface area contributed by atoms with E-state index in [1.165, 1.54) is 24.1 Å². The molecule has 3 unspecified atom stereocenters. The molecule has 3 fully saturated rings. The summed E-state index contributed by atoms with van der Waals surface area (Å²) in [6, 6.07) is 0.620. The second-order valence-electron chi connectivity index (χ2n) is 8.45. The smallest absolute Gasteiger partial charge is 0.225 e. The molecule has 4 aliphatic rings. The molecule has 148 valence electrons. The number of thiazole rings is 1. The van der Waals surface area contributed by atoms with E-state index in [9.17, 15) is 4.79 Å². The molecule has 6 nitrogen and oxygen atoms in total. The van der Waals surface area contributed by atoms with Crippen LogP contribution in [0.25, 0.3) is 0 Å². The molecular formula is C21H27N5OS. The highest BCUT2D eigenvalue weighted by molar-refractivity contribution is 7.11. The van der Waals surface area contributed by atoms with E-state index in [2.05, 4.69) is 15.2 Å². The van der Waals surface area contributed by atoms with Crippen LogP contribution in [0.2, 0.25) is 0 Å². The number of aryl methyl sites for hydroxylation is 4. The van der Waals surface area contributed by atoms with Crippen molar-refractivity contribution in [2.24, 2.45) is 5.92 Å². The molecule has 4 heterocycles. The molecule has 6 rings (SSSR count). The topological polar surface area (TPSA) is 71.0 Å². The molecule has 2 saturated heterocycles. The highest BCUT2D eigenvalue weighted by Gasteiger charge is 2.53. The van der Waals surface area contributed by atoms with Crippen molar-refractivity contribution in [2.75, 3.05) is 11.4 Å². The summed E-state index contributed by atoms with van der Waals surface area (Å²) in [7, 11) is 0. The van der Waals surface area contributed by atoms with Crippen molar-refractivity contribution in [3.05, 3.63) is 32.7 Å². The van der Waals surface area contributed by atoms with Crippen LogP contribution < -0.4 is 10.2 Å². The van der Waals surface area contributed by atoms with Crippen LogP contribution in [0.4, 0.5) is 5.82 Å². The minimum atomic E-state index is 0.120. The van der Waals surface area contributed by atoms with Gasteiger partial charge in [0.05, 0.1) is 29.2 Å². The lowest BCUT2D eigenvalue weighted by Gasteiger charge is -2.38. The van der Waals surface area contributed by atoms with Crippen molar-refractivity contribution in [1.29, 1.82) is 0 Å². The van der Waals surface area contributed by atoms with Crippen LogP contribution in [-0.2, 0) is 24.1 Å². The summed E-state index contributed by atoms with van der Waals surface area (Å²) in [5.74, 6) is 2.67. The largest absolute Gasteiger partial charge is 0.351 e. The number of fused-ring (bicyclic) bond motifs is 2. The van der Waals surface area contributed by atoms with Gasteiger partial charge >= 0.3 is 0 Å². The van der Waals surface area contributed by atoms with E-state index in [0.717, 1.165) is 53.0 Å². The summed E-state index contributed by atoms with van der Waals surface area (Å²) in [6.45, 7) is 6.98. The Morgan fingerprint density at radius 1 is 1.18 bits per heavy atom. The highest BCUT2D eigenvalue weighted by atomic mass is 32.1. The van der Waals surface area contributed by atoms with Gasteiger partial charge in [0.2, 0.25) is 5.91 Å². The van der Waals surface area contributed by atoms with Gasteiger partial charge in [-0.05, 0) is 52.9 Å². The van der Waals surface area contributed by atoms with Crippen molar-refractivity contribution < 1.29 is 4.79 Å². The first kappa shape index (κ1) is 18.0. The fourth-order valence-corrected chi connectivity index (χ4v) is 6.06. The molecule has 7 heteroatoms. The molecule has 1 saturated carbocycles. The molecular weight excluding hydrogens is 370 g/mol. The van der Waals surface area contributed by atoms with Crippen LogP contribution in [0.15, 0.2) is 0 Å². The molecule has 2 aliphatic carbocycles. The number of hydrogen-bond donors (Lipinski definition) is 1. The van der Waals surface area contributed by atoms with Gasteiger partial charge in [-0.15, -0.1) is 11.3 Å². The quantitative estimate of drug-likeness (QED) is 0.859. The first-order valence-corrected chi connectivity index (χ1v) is 11.2. The van der Waals surface area contributed by atoms with Gasteiger partial charge in [-0.3, -0.25) is 4.79 Å². The summed E-state index contributed by atoms with van der Waals surface area (Å²) < 4.78 is 0. The van der Waals surface area contributed by atoms with E-state index in [-0.39, 0.29) is 11.9 Å². The van der Waals surface area contributed by atoms with Gasteiger partial charge < -0.3 is 10.2 Å². The molecule has 2 aliphatic heterocycles. The van der Waals surface area contributed by atoms with Crippen molar-refractivity contribution >= 4 is 23.1 Å². The molecule has 2 bridgehead atoms. The molecule has 3 atom stereocenters. The SMILES string of the molecule is Cc1nc2c(c(N3CC4CC3C4NC(=O)Cc3sc(C)nc3C)n1)CCCC2. The molecule has 2 aromatic rings. The van der Waals surface area contributed by atoms with Gasteiger partial charge in [0.25, 0.3) is 0 Å². The Hall–Kier alpha value is -2.02. The third-order valence-electron chi connectivity index (χ3n) is 6.49. The van der Waals surface area contributed by atoms with E-state index in [1.807, 2.05) is 20.8 Å². The predicted molar refractivity (Wildman–Crippen MR) is 110 cm³/mol. The van der Waals surface area contributed by atoms with Crippen LogP contribution in [0.3, 0.4) is 0 Å². The van der Waals surface area contributed by atoms with Crippen molar-refractivity contribution in [2.45, 2.75) is 71.4 Å². The zero-order valence-corrected chi connectivity index (χ0v) is 17.6. The van der Waals surface area contributed by atoms with Gasteiger partial charge in [-0.25, -0.2) is 15.0 Å². The highest BCUT2D eigenvalue weighted by Crippen LogP contribution is 2.45. The first-order valence-electron chi connectivity index (χ1n) is 10.3. The average molecular weight is 398 g/mol. The Balaban J connectivity index is 1.31. The summed E-state index contributed by atoms with van der Waals surface area (Å²) in [6.07, 6.45) is 6.20. The van der Waals surface area contributed by atoms with Crippen LogP contribution >= 0.6 is 11.3 Å². The zero-order valence-electron chi connectivity index (χ0n) is 16.8. The number of carbonyl (C=O) groups is 1. The second-order valence-corrected chi connectivity index (χ2v) is 9.74. The van der Waals surface area contributed by atoms with E-state index >= 15 is 0 Å². The van der Waals surface area contributed by atoms with E-state index in [1.54, 1.807) is 11.3 Å². The zero-order chi connectivity index (χ0) is 19.4. The van der Waals surface area contributed by atoms with Gasteiger partial charge in [-0.1, -0.05) is 0 Å². The fraction of sp³-hybridized carbons (Fsp3) is 0.619. The average Bonchev–Trinajstić information content (AvgIpc) is 3.32. The van der Waals surface area contributed by atoms with E-state index in [4.69, 9.17) is 9.97 Å². The number of nitrogens with one attached hydrogen (secondary N) is 1.